The van der Waals surface area contributed by atoms with Crippen LogP contribution in [-0.2, 0) is 16.1 Å². The molecule has 6 heteroatoms. The number of nitrogens with zero attached hydrogens (tertiary/aromatic N) is 2. The number of ether oxygens (including phenoxy) is 1. The third-order valence-electron chi connectivity index (χ3n) is 2.18. The number of carbonyl (C=O) groups excluding carboxylic acids is 1. The number of carbonyl (C=O) groups is 1. The van der Waals surface area contributed by atoms with Crippen LogP contribution < -0.4 is 10.6 Å². The van der Waals surface area contributed by atoms with Crippen LogP contribution in [0, 0.1) is 0 Å². The number of amides is 1. The van der Waals surface area contributed by atoms with Gasteiger partial charge >= 0.3 is 0 Å². The molecule has 2 N–H and O–H groups in total. The SMILES string of the molecule is COCCNC(=O)C(C)NCc1ncccn1. The van der Waals surface area contributed by atoms with Crippen LogP contribution in [0.4, 0.5) is 0 Å². The highest BCUT2D eigenvalue weighted by molar-refractivity contribution is 5.81. The molecule has 1 amide bonds. The Morgan fingerprint density at radius 1 is 1.47 bits per heavy atom. The summed E-state index contributed by atoms with van der Waals surface area (Å²) < 4.78 is 4.85. The van der Waals surface area contributed by atoms with Gasteiger partial charge < -0.3 is 10.1 Å². The first-order valence-corrected chi connectivity index (χ1v) is 5.50. The van der Waals surface area contributed by atoms with Crippen LogP contribution in [0.3, 0.4) is 0 Å². The Kier molecular flexibility index (Phi) is 6.13. The highest BCUT2D eigenvalue weighted by atomic mass is 16.5. The first kappa shape index (κ1) is 13.5. The predicted octanol–water partition coefficient (Wildman–Crippen LogP) is -0.283. The summed E-state index contributed by atoms with van der Waals surface area (Å²) in [6.07, 6.45) is 3.35. The van der Waals surface area contributed by atoms with E-state index >= 15 is 0 Å². The van der Waals surface area contributed by atoms with Crippen molar-refractivity contribution in [3.8, 4) is 0 Å². The summed E-state index contributed by atoms with van der Waals surface area (Å²) >= 11 is 0. The Balaban J connectivity index is 2.24. The number of hydrogen-bond acceptors (Lipinski definition) is 5. The average molecular weight is 238 g/mol. The smallest absolute Gasteiger partial charge is 0.236 e. The maximum absolute atomic E-state index is 11.6. The van der Waals surface area contributed by atoms with Crippen molar-refractivity contribution in [1.29, 1.82) is 0 Å². The van der Waals surface area contributed by atoms with Crippen LogP contribution in [0.15, 0.2) is 18.5 Å². The van der Waals surface area contributed by atoms with Crippen LogP contribution in [0.5, 0.6) is 0 Å². The lowest BCUT2D eigenvalue weighted by Crippen LogP contribution is -2.43. The fraction of sp³-hybridized carbons (Fsp3) is 0.545. The average Bonchev–Trinajstić information content (AvgIpc) is 2.37. The molecule has 6 nitrogen and oxygen atoms in total. The van der Waals surface area contributed by atoms with Gasteiger partial charge in [-0.3, -0.25) is 10.1 Å². The molecule has 94 valence electrons. The van der Waals surface area contributed by atoms with Gasteiger partial charge in [-0.15, -0.1) is 0 Å². The molecule has 1 atom stereocenters. The monoisotopic (exact) mass is 238 g/mol. The van der Waals surface area contributed by atoms with E-state index < -0.39 is 0 Å². The summed E-state index contributed by atoms with van der Waals surface area (Å²) in [5.74, 6) is 0.613. The Labute approximate surface area is 101 Å². The van der Waals surface area contributed by atoms with E-state index in [0.717, 1.165) is 0 Å². The van der Waals surface area contributed by atoms with E-state index in [1.807, 2.05) is 0 Å². The second kappa shape index (κ2) is 7.70. The molecule has 0 fully saturated rings. The zero-order valence-electron chi connectivity index (χ0n) is 10.1. The molecule has 1 rings (SSSR count). The van der Waals surface area contributed by atoms with Gasteiger partial charge in [0.1, 0.15) is 5.82 Å². The van der Waals surface area contributed by atoms with E-state index in [0.29, 0.717) is 25.5 Å². The summed E-state index contributed by atoms with van der Waals surface area (Å²) in [6, 6.07) is 1.47. The van der Waals surface area contributed by atoms with Gasteiger partial charge in [-0.25, -0.2) is 9.97 Å². The zero-order chi connectivity index (χ0) is 12.5. The molecule has 0 bridgehead atoms. The molecule has 1 aromatic rings. The maximum atomic E-state index is 11.6. The fourth-order valence-electron chi connectivity index (χ4n) is 1.19. The lowest BCUT2D eigenvalue weighted by atomic mass is 10.3. The Morgan fingerprint density at radius 2 is 2.18 bits per heavy atom. The lowest BCUT2D eigenvalue weighted by molar-refractivity contribution is -0.123. The van der Waals surface area contributed by atoms with Crippen molar-refractivity contribution in [3.63, 3.8) is 0 Å². The Morgan fingerprint density at radius 3 is 2.82 bits per heavy atom. The van der Waals surface area contributed by atoms with Crippen LogP contribution >= 0.6 is 0 Å². The molecule has 0 radical (unpaired) electrons. The number of nitrogens with one attached hydrogen (secondary N) is 2. The number of methoxy groups -OCH3 is 1. The van der Waals surface area contributed by atoms with Gasteiger partial charge in [0.05, 0.1) is 19.2 Å². The van der Waals surface area contributed by atoms with Gasteiger partial charge in [-0.05, 0) is 13.0 Å². The molecule has 0 saturated heterocycles. The third kappa shape index (κ3) is 5.37. The maximum Gasteiger partial charge on any atom is 0.236 e. The van der Waals surface area contributed by atoms with E-state index in [2.05, 4.69) is 20.6 Å². The van der Waals surface area contributed by atoms with Crippen molar-refractivity contribution >= 4 is 5.91 Å². The minimum atomic E-state index is -0.282. The molecule has 17 heavy (non-hydrogen) atoms. The number of hydrogen-bond donors (Lipinski definition) is 2. The highest BCUT2D eigenvalue weighted by Crippen LogP contribution is 1.89. The Bertz CT molecular complexity index is 332. The van der Waals surface area contributed by atoms with Gasteiger partial charge in [-0.1, -0.05) is 0 Å². The molecule has 0 saturated carbocycles. The van der Waals surface area contributed by atoms with E-state index in [9.17, 15) is 4.79 Å². The Hall–Kier alpha value is -1.53. The van der Waals surface area contributed by atoms with E-state index in [-0.39, 0.29) is 11.9 Å². The largest absolute Gasteiger partial charge is 0.383 e. The van der Waals surface area contributed by atoms with Crippen molar-refractivity contribution in [1.82, 2.24) is 20.6 Å². The van der Waals surface area contributed by atoms with Crippen molar-refractivity contribution < 1.29 is 9.53 Å². The molecule has 0 aliphatic rings. The van der Waals surface area contributed by atoms with Gasteiger partial charge in [-0.2, -0.15) is 0 Å². The van der Waals surface area contributed by atoms with Crippen LogP contribution in [-0.4, -0.2) is 42.2 Å². The van der Waals surface area contributed by atoms with Crippen molar-refractivity contribution in [3.05, 3.63) is 24.3 Å². The molecule has 0 aromatic carbocycles. The minimum absolute atomic E-state index is 0.0574. The standard InChI is InChI=1S/C11H18N4O2/c1-9(11(16)14-6-7-17-2)15-8-10-12-4-3-5-13-10/h3-5,9,15H,6-8H2,1-2H3,(H,14,16). The number of aromatic nitrogens is 2. The normalized spacial score (nSPS) is 12.1. The molecule has 0 spiro atoms. The summed E-state index contributed by atoms with van der Waals surface area (Å²) in [4.78, 5) is 19.7. The predicted molar refractivity (Wildman–Crippen MR) is 63.2 cm³/mol. The number of rotatable bonds is 7. The van der Waals surface area contributed by atoms with Crippen molar-refractivity contribution in [2.75, 3.05) is 20.3 Å². The van der Waals surface area contributed by atoms with Crippen LogP contribution in [0.1, 0.15) is 12.7 Å². The molecular formula is C11H18N4O2. The first-order chi connectivity index (χ1) is 8.24. The molecular weight excluding hydrogens is 220 g/mol. The molecule has 1 aromatic heterocycles. The molecule has 0 aliphatic heterocycles. The van der Waals surface area contributed by atoms with E-state index in [1.54, 1.807) is 32.5 Å². The minimum Gasteiger partial charge on any atom is -0.383 e. The second-order valence-corrected chi connectivity index (χ2v) is 3.55. The summed E-state index contributed by atoms with van der Waals surface area (Å²) in [7, 11) is 1.60. The van der Waals surface area contributed by atoms with Gasteiger partial charge in [0.15, 0.2) is 0 Å². The van der Waals surface area contributed by atoms with Gasteiger partial charge in [0, 0.05) is 26.0 Å². The van der Waals surface area contributed by atoms with Crippen molar-refractivity contribution in [2.24, 2.45) is 0 Å². The van der Waals surface area contributed by atoms with Crippen molar-refractivity contribution in [2.45, 2.75) is 19.5 Å². The molecule has 0 aliphatic carbocycles. The topological polar surface area (TPSA) is 76.1 Å². The fourth-order valence-corrected chi connectivity index (χ4v) is 1.19. The van der Waals surface area contributed by atoms with E-state index in [4.69, 9.17) is 4.74 Å². The van der Waals surface area contributed by atoms with Gasteiger partial charge in [0.25, 0.3) is 0 Å². The van der Waals surface area contributed by atoms with Crippen LogP contribution in [0.2, 0.25) is 0 Å². The quantitative estimate of drug-likeness (QED) is 0.639. The zero-order valence-corrected chi connectivity index (χ0v) is 10.1. The molecule has 1 heterocycles. The van der Waals surface area contributed by atoms with E-state index in [1.165, 1.54) is 0 Å². The van der Waals surface area contributed by atoms with Crippen LogP contribution in [0.25, 0.3) is 0 Å². The van der Waals surface area contributed by atoms with Gasteiger partial charge in [0.2, 0.25) is 5.91 Å². The summed E-state index contributed by atoms with van der Waals surface area (Å²) in [6.45, 7) is 3.30. The second-order valence-electron chi connectivity index (χ2n) is 3.55. The first-order valence-electron chi connectivity index (χ1n) is 5.50. The summed E-state index contributed by atoms with van der Waals surface area (Å²) in [5, 5.41) is 5.80. The highest BCUT2D eigenvalue weighted by Gasteiger charge is 2.11. The lowest BCUT2D eigenvalue weighted by Gasteiger charge is -2.13. The molecule has 1 unspecified atom stereocenters. The summed E-state index contributed by atoms with van der Waals surface area (Å²) in [5.41, 5.74) is 0. The third-order valence-corrected chi connectivity index (χ3v) is 2.18.